The van der Waals surface area contributed by atoms with E-state index in [4.69, 9.17) is 0 Å². The number of fused-ring (bicyclic) bond motifs is 1. The van der Waals surface area contributed by atoms with Crippen molar-refractivity contribution in [1.29, 1.82) is 0 Å². The van der Waals surface area contributed by atoms with E-state index in [9.17, 15) is 13.6 Å². The maximum absolute atomic E-state index is 13.7. The predicted molar refractivity (Wildman–Crippen MR) is 105 cm³/mol. The summed E-state index contributed by atoms with van der Waals surface area (Å²) in [4.78, 5) is 14.8. The second-order valence-electron chi connectivity index (χ2n) is 8.95. The Labute approximate surface area is 165 Å². The van der Waals surface area contributed by atoms with E-state index in [2.05, 4.69) is 10.4 Å². The van der Waals surface area contributed by atoms with Gasteiger partial charge >= 0.3 is 0 Å². The van der Waals surface area contributed by atoms with Crippen molar-refractivity contribution in [1.82, 2.24) is 14.7 Å². The molecular weight excluding hydrogens is 362 g/mol. The van der Waals surface area contributed by atoms with Crippen molar-refractivity contribution in [2.24, 2.45) is 11.8 Å². The van der Waals surface area contributed by atoms with Gasteiger partial charge in [0.25, 0.3) is 6.43 Å². The molecule has 7 heteroatoms. The lowest BCUT2D eigenvalue weighted by Gasteiger charge is -2.41. The van der Waals surface area contributed by atoms with Crippen LogP contribution in [0.2, 0.25) is 0 Å². The number of carbonyl (C=O) groups is 1. The molecule has 1 amide bonds. The summed E-state index contributed by atoms with van der Waals surface area (Å²) in [6.07, 6.45) is 6.66. The number of carbonyl (C=O) groups excluding carboxylic acids is 1. The summed E-state index contributed by atoms with van der Waals surface area (Å²) in [5, 5.41) is 7.69. The lowest BCUT2D eigenvalue weighted by atomic mass is 9.84. The maximum atomic E-state index is 13.7. The Morgan fingerprint density at radius 3 is 2.79 bits per heavy atom. The van der Waals surface area contributed by atoms with Crippen molar-refractivity contribution in [3.63, 3.8) is 0 Å². The third kappa shape index (κ3) is 4.18. The molecule has 1 N–H and O–H groups in total. The molecule has 3 atom stereocenters. The molecule has 5 nitrogen and oxygen atoms in total. The minimum Gasteiger partial charge on any atom is -0.367 e. The lowest BCUT2D eigenvalue weighted by molar-refractivity contribution is -0.134. The van der Waals surface area contributed by atoms with Gasteiger partial charge < -0.3 is 10.2 Å². The Bertz CT molecular complexity index is 686. The summed E-state index contributed by atoms with van der Waals surface area (Å²) in [6.45, 7) is 3.33. The normalized spacial score (nSPS) is 28.9. The maximum Gasteiger partial charge on any atom is 0.260 e. The van der Waals surface area contributed by atoms with Gasteiger partial charge in [-0.05, 0) is 50.9 Å². The number of amides is 1. The minimum atomic E-state index is -2.43. The first-order valence-electron chi connectivity index (χ1n) is 10.9. The summed E-state index contributed by atoms with van der Waals surface area (Å²) < 4.78 is 28.8. The van der Waals surface area contributed by atoms with Crippen LogP contribution < -0.4 is 5.32 Å². The first kappa shape index (κ1) is 19.6. The van der Waals surface area contributed by atoms with E-state index in [1.807, 2.05) is 17.9 Å². The largest absolute Gasteiger partial charge is 0.367 e. The summed E-state index contributed by atoms with van der Waals surface area (Å²) in [7, 11) is 0. The smallest absolute Gasteiger partial charge is 0.260 e. The molecule has 1 aromatic rings. The van der Waals surface area contributed by atoms with Crippen molar-refractivity contribution in [2.75, 3.05) is 18.4 Å². The molecule has 0 spiro atoms. The van der Waals surface area contributed by atoms with Gasteiger partial charge in [-0.3, -0.25) is 4.79 Å². The predicted octanol–water partition coefficient (Wildman–Crippen LogP) is 4.39. The first-order valence-corrected chi connectivity index (χ1v) is 10.9. The fourth-order valence-corrected chi connectivity index (χ4v) is 5.34. The molecule has 0 bridgehead atoms. The average molecular weight is 395 g/mol. The van der Waals surface area contributed by atoms with Crippen LogP contribution in [0.1, 0.15) is 69.5 Å². The molecule has 1 aromatic heterocycles. The van der Waals surface area contributed by atoms with Crippen LogP contribution in [0.5, 0.6) is 0 Å². The van der Waals surface area contributed by atoms with Crippen LogP contribution >= 0.6 is 0 Å². The molecule has 1 aliphatic carbocycles. The number of nitrogens with zero attached hydrogens (tertiary/aromatic N) is 3. The van der Waals surface area contributed by atoms with Gasteiger partial charge in [0, 0.05) is 31.6 Å². The van der Waals surface area contributed by atoms with Crippen molar-refractivity contribution < 1.29 is 13.6 Å². The van der Waals surface area contributed by atoms with Gasteiger partial charge in [0.05, 0.1) is 5.69 Å². The van der Waals surface area contributed by atoms with Gasteiger partial charge in [-0.2, -0.15) is 5.10 Å². The number of hydrogen-bond donors (Lipinski definition) is 1. The zero-order valence-corrected chi connectivity index (χ0v) is 16.7. The summed E-state index contributed by atoms with van der Waals surface area (Å²) in [5.74, 6) is 1.70. The highest BCUT2D eigenvalue weighted by Crippen LogP contribution is 2.37. The second kappa shape index (κ2) is 8.37. The molecule has 1 saturated carbocycles. The highest BCUT2D eigenvalue weighted by molar-refractivity contribution is 5.76. The van der Waals surface area contributed by atoms with E-state index in [0.29, 0.717) is 31.1 Å². The van der Waals surface area contributed by atoms with E-state index in [1.165, 1.54) is 36.8 Å². The number of aromatic nitrogens is 2. The Hall–Kier alpha value is -1.66. The highest BCUT2D eigenvalue weighted by Gasteiger charge is 2.38. The third-order valence-corrected chi connectivity index (χ3v) is 6.86. The zero-order chi connectivity index (χ0) is 19.7. The monoisotopic (exact) mass is 394 g/mol. The Morgan fingerprint density at radius 1 is 1.25 bits per heavy atom. The van der Waals surface area contributed by atoms with Crippen LogP contribution in [0.4, 0.5) is 14.6 Å². The Morgan fingerprint density at radius 2 is 2.04 bits per heavy atom. The van der Waals surface area contributed by atoms with Crippen LogP contribution in [0.25, 0.3) is 0 Å². The van der Waals surface area contributed by atoms with Crippen molar-refractivity contribution in [3.8, 4) is 0 Å². The van der Waals surface area contributed by atoms with E-state index in [-0.39, 0.29) is 17.9 Å². The van der Waals surface area contributed by atoms with E-state index in [0.717, 1.165) is 25.1 Å². The van der Waals surface area contributed by atoms with E-state index in [1.54, 1.807) is 0 Å². The summed E-state index contributed by atoms with van der Waals surface area (Å²) in [5.41, 5.74) is 0.752. The standard InChI is InChI=1S/C21H32F2N4O/c1-14-10-19-24-17(12-18(21(22)23)27(19)25-14)16-8-5-9-26(13-16)20(28)11-15-6-3-2-4-7-15/h10,15-18,21,24H,2-9,11-13H2,1H3/t16-,17+,18-/m1/s1. The number of alkyl halides is 2. The first-order chi connectivity index (χ1) is 13.5. The number of piperidine rings is 1. The molecular formula is C21H32F2N4O. The highest BCUT2D eigenvalue weighted by atomic mass is 19.3. The quantitative estimate of drug-likeness (QED) is 0.824. The fraction of sp³-hybridized carbons (Fsp3) is 0.810. The van der Waals surface area contributed by atoms with Crippen LogP contribution in [0, 0.1) is 18.8 Å². The molecule has 2 fully saturated rings. The van der Waals surface area contributed by atoms with Crippen molar-refractivity contribution in [3.05, 3.63) is 11.8 Å². The van der Waals surface area contributed by atoms with Gasteiger partial charge in [0.15, 0.2) is 0 Å². The average Bonchev–Trinajstić information content (AvgIpc) is 3.08. The van der Waals surface area contributed by atoms with Crippen LogP contribution in [-0.4, -0.2) is 46.1 Å². The van der Waals surface area contributed by atoms with Gasteiger partial charge in [0.2, 0.25) is 5.91 Å². The molecule has 3 aliphatic rings. The van der Waals surface area contributed by atoms with Crippen LogP contribution in [-0.2, 0) is 4.79 Å². The van der Waals surface area contributed by atoms with Gasteiger partial charge in [0.1, 0.15) is 11.9 Å². The lowest BCUT2D eigenvalue weighted by Crippen LogP contribution is -2.48. The topological polar surface area (TPSA) is 50.2 Å². The zero-order valence-electron chi connectivity index (χ0n) is 16.7. The molecule has 1 saturated heterocycles. The van der Waals surface area contributed by atoms with E-state index < -0.39 is 12.5 Å². The second-order valence-corrected chi connectivity index (χ2v) is 8.95. The van der Waals surface area contributed by atoms with Gasteiger partial charge in [-0.1, -0.05) is 19.3 Å². The summed E-state index contributed by atoms with van der Waals surface area (Å²) >= 11 is 0. The number of halogens is 2. The number of rotatable bonds is 4. The molecule has 4 rings (SSSR count). The fourth-order valence-electron chi connectivity index (χ4n) is 5.34. The van der Waals surface area contributed by atoms with Crippen LogP contribution in [0.3, 0.4) is 0 Å². The molecule has 2 aliphatic heterocycles. The minimum absolute atomic E-state index is 0.0344. The molecule has 0 unspecified atom stereocenters. The third-order valence-electron chi connectivity index (χ3n) is 6.86. The number of anilines is 1. The van der Waals surface area contributed by atoms with E-state index >= 15 is 0 Å². The Balaban J connectivity index is 1.40. The SMILES string of the molecule is Cc1cc2n(n1)[C@@H](C(F)F)C[C@@H]([C@@H]1CCCN(C(=O)CC3CCCCC3)C1)N2. The number of likely N-dealkylation sites (tertiary alicyclic amines) is 1. The molecule has 0 radical (unpaired) electrons. The van der Waals surface area contributed by atoms with Gasteiger partial charge in [-0.25, -0.2) is 13.5 Å². The molecule has 28 heavy (non-hydrogen) atoms. The van der Waals surface area contributed by atoms with Crippen LogP contribution in [0.15, 0.2) is 6.07 Å². The summed E-state index contributed by atoms with van der Waals surface area (Å²) in [6, 6.07) is 0.923. The molecule has 156 valence electrons. The molecule has 3 heterocycles. The number of nitrogens with one attached hydrogen (secondary N) is 1. The number of aryl methyl sites for hydroxylation is 1. The Kier molecular flexibility index (Phi) is 5.88. The van der Waals surface area contributed by atoms with Gasteiger partial charge in [-0.15, -0.1) is 0 Å². The number of hydrogen-bond acceptors (Lipinski definition) is 3. The van der Waals surface area contributed by atoms with Crippen molar-refractivity contribution >= 4 is 11.7 Å². The molecule has 0 aromatic carbocycles. The van der Waals surface area contributed by atoms with Crippen molar-refractivity contribution in [2.45, 2.75) is 83.2 Å².